The van der Waals surface area contributed by atoms with Gasteiger partial charge in [0.1, 0.15) is 19.3 Å². The van der Waals surface area contributed by atoms with Crippen LogP contribution in [0.15, 0.2) is 72.9 Å². The molecule has 0 aliphatic rings. The van der Waals surface area contributed by atoms with E-state index >= 15 is 0 Å². The van der Waals surface area contributed by atoms with E-state index in [1.165, 1.54) is 70.6 Å². The quantitative estimate of drug-likeness (QED) is 0.0301. The molecule has 0 rings (SSSR count). The van der Waals surface area contributed by atoms with Crippen LogP contribution >= 0.6 is 0 Å². The van der Waals surface area contributed by atoms with Crippen molar-refractivity contribution in [2.24, 2.45) is 5.92 Å². The first-order chi connectivity index (χ1) is 24.3. The Morgan fingerprint density at radius 2 is 1.04 bits per heavy atom. The lowest BCUT2D eigenvalue weighted by Gasteiger charge is -2.12. The molecule has 286 valence electrons. The molecule has 0 spiro atoms. The lowest BCUT2D eigenvalue weighted by molar-refractivity contribution is -0.152. The van der Waals surface area contributed by atoms with Crippen LogP contribution in [0, 0.1) is 5.92 Å². The van der Waals surface area contributed by atoms with Crippen molar-refractivity contribution in [1.82, 2.24) is 0 Å². The summed E-state index contributed by atoms with van der Waals surface area (Å²) in [5.41, 5.74) is 0. The van der Waals surface area contributed by atoms with Crippen molar-refractivity contribution in [3.05, 3.63) is 72.9 Å². The smallest absolute Gasteiger partial charge is 0.306 e. The van der Waals surface area contributed by atoms with Gasteiger partial charge in [-0.25, -0.2) is 0 Å². The maximum Gasteiger partial charge on any atom is 0.306 e. The minimum atomic E-state index is -1.03. The molecule has 0 heterocycles. The van der Waals surface area contributed by atoms with Crippen LogP contribution in [-0.4, -0.2) is 47.6 Å². The molecular formula is C44H74O6. The summed E-state index contributed by atoms with van der Waals surface area (Å²) in [6.45, 7) is 6.37. The van der Waals surface area contributed by atoms with Crippen molar-refractivity contribution in [1.29, 1.82) is 0 Å². The summed E-state index contributed by atoms with van der Waals surface area (Å²) in [7, 11) is 0. The summed E-state index contributed by atoms with van der Waals surface area (Å²) < 4.78 is 10.2. The second kappa shape index (κ2) is 37.6. The van der Waals surface area contributed by atoms with Crippen molar-refractivity contribution >= 4 is 11.9 Å². The van der Waals surface area contributed by atoms with E-state index in [4.69, 9.17) is 9.47 Å². The predicted octanol–water partition coefficient (Wildman–Crippen LogP) is 11.4. The lowest BCUT2D eigenvalue weighted by Crippen LogP contribution is -2.25. The van der Waals surface area contributed by atoms with Crippen LogP contribution < -0.4 is 0 Å². The van der Waals surface area contributed by atoms with E-state index in [9.17, 15) is 19.8 Å². The van der Waals surface area contributed by atoms with Gasteiger partial charge in [-0.2, -0.15) is 0 Å². The first kappa shape index (κ1) is 47.3. The molecule has 0 saturated heterocycles. The Hall–Kier alpha value is -2.70. The van der Waals surface area contributed by atoms with Gasteiger partial charge in [0.2, 0.25) is 0 Å². The van der Waals surface area contributed by atoms with Crippen LogP contribution in [0.2, 0.25) is 0 Å². The molecule has 2 N–H and O–H groups in total. The molecule has 0 saturated carbocycles. The molecule has 0 aromatic heterocycles. The molecule has 6 heteroatoms. The van der Waals surface area contributed by atoms with E-state index in [1.807, 2.05) is 30.4 Å². The van der Waals surface area contributed by atoms with E-state index in [0.29, 0.717) is 19.3 Å². The third kappa shape index (κ3) is 38.1. The minimum absolute atomic E-state index is 0.170. The van der Waals surface area contributed by atoms with Crippen molar-refractivity contribution in [2.75, 3.05) is 13.2 Å². The number of ether oxygens (including phenoxy) is 2. The van der Waals surface area contributed by atoms with Crippen molar-refractivity contribution in [3.63, 3.8) is 0 Å². The number of aliphatic hydroxyl groups excluding tert-OH is 2. The Morgan fingerprint density at radius 1 is 0.560 bits per heavy atom. The molecular weight excluding hydrogens is 624 g/mol. The summed E-state index contributed by atoms with van der Waals surface area (Å²) in [6.07, 6.45) is 45.6. The number of hydrogen-bond donors (Lipinski definition) is 2. The Bertz CT molecular complexity index is 958. The van der Waals surface area contributed by atoms with Crippen LogP contribution in [-0.2, 0) is 19.1 Å². The summed E-state index contributed by atoms with van der Waals surface area (Å²) in [5.74, 6) is 0.0938. The van der Waals surface area contributed by atoms with Crippen LogP contribution in [0.1, 0.15) is 162 Å². The second-order valence-electron chi connectivity index (χ2n) is 13.7. The van der Waals surface area contributed by atoms with E-state index in [0.717, 1.165) is 50.9 Å². The standard InChI is InChI=1S/C44H74O6/c1-4-5-6-7-8-9-10-12-16-19-22-25-29-34-41(45)35-30-27-32-37-44(48)50-39-42(46)38-49-43(47)36-31-26-23-20-17-14-11-13-15-18-21-24-28-33-40(2)3/h5-6,8-9,12,16,22,25,27,29-30,34,40-42,45-46H,4,7,10-11,13-15,17-21,23-24,26,28,31-33,35-39H2,1-3H3/b6-5-,9-8-,16-12-,25-22-,30-27-,34-29-/t41?,42-/m0/s1. The monoisotopic (exact) mass is 699 g/mol. The molecule has 0 aromatic rings. The lowest BCUT2D eigenvalue weighted by atomic mass is 10.0. The molecule has 0 fully saturated rings. The summed E-state index contributed by atoms with van der Waals surface area (Å²) in [6, 6.07) is 0. The van der Waals surface area contributed by atoms with Gasteiger partial charge in [0, 0.05) is 12.8 Å². The Morgan fingerprint density at radius 3 is 1.58 bits per heavy atom. The highest BCUT2D eigenvalue weighted by molar-refractivity contribution is 5.70. The van der Waals surface area contributed by atoms with Gasteiger partial charge in [-0.05, 0) is 50.9 Å². The number of rotatable bonds is 34. The number of carbonyl (C=O) groups is 2. The van der Waals surface area contributed by atoms with E-state index in [-0.39, 0.29) is 25.6 Å². The Labute approximate surface area is 306 Å². The molecule has 0 amide bonds. The fourth-order valence-corrected chi connectivity index (χ4v) is 5.20. The fraction of sp³-hybridized carbons (Fsp3) is 0.682. The fourth-order valence-electron chi connectivity index (χ4n) is 5.20. The van der Waals surface area contributed by atoms with Crippen LogP contribution in [0.3, 0.4) is 0 Å². The molecule has 0 bridgehead atoms. The number of allylic oxidation sites excluding steroid dienone is 10. The maximum atomic E-state index is 12.0. The number of hydrogen-bond acceptors (Lipinski definition) is 6. The number of unbranched alkanes of at least 4 members (excludes halogenated alkanes) is 12. The highest BCUT2D eigenvalue weighted by Crippen LogP contribution is 2.15. The first-order valence-electron chi connectivity index (χ1n) is 20.0. The molecule has 0 aliphatic heterocycles. The van der Waals surface area contributed by atoms with Gasteiger partial charge in [-0.3, -0.25) is 9.59 Å². The van der Waals surface area contributed by atoms with Gasteiger partial charge in [0.05, 0.1) is 6.10 Å². The van der Waals surface area contributed by atoms with Gasteiger partial charge in [0.15, 0.2) is 0 Å². The van der Waals surface area contributed by atoms with Crippen molar-refractivity contribution in [2.45, 2.75) is 174 Å². The van der Waals surface area contributed by atoms with Crippen LogP contribution in [0.4, 0.5) is 0 Å². The normalized spacial score (nSPS) is 13.7. The molecule has 0 aliphatic carbocycles. The zero-order chi connectivity index (χ0) is 36.8. The molecule has 0 radical (unpaired) electrons. The Balaban J connectivity index is 3.67. The average molecular weight is 699 g/mol. The average Bonchev–Trinajstić information content (AvgIpc) is 3.09. The topological polar surface area (TPSA) is 93.1 Å². The first-order valence-corrected chi connectivity index (χ1v) is 20.0. The summed E-state index contributed by atoms with van der Waals surface area (Å²) in [4.78, 5) is 23.9. The number of carbonyl (C=O) groups excluding carboxylic acids is 2. The molecule has 2 atom stereocenters. The molecule has 50 heavy (non-hydrogen) atoms. The van der Waals surface area contributed by atoms with E-state index < -0.39 is 18.2 Å². The Kier molecular flexibility index (Phi) is 35.5. The second-order valence-corrected chi connectivity index (χ2v) is 13.7. The highest BCUT2D eigenvalue weighted by Gasteiger charge is 2.12. The number of aliphatic hydroxyl groups is 2. The maximum absolute atomic E-state index is 12.0. The summed E-state index contributed by atoms with van der Waals surface area (Å²) in [5, 5.41) is 20.1. The van der Waals surface area contributed by atoms with Gasteiger partial charge >= 0.3 is 11.9 Å². The van der Waals surface area contributed by atoms with Gasteiger partial charge in [0.25, 0.3) is 0 Å². The third-order valence-corrected chi connectivity index (χ3v) is 8.23. The van der Waals surface area contributed by atoms with Gasteiger partial charge in [-0.1, -0.05) is 177 Å². The predicted molar refractivity (Wildman–Crippen MR) is 211 cm³/mol. The summed E-state index contributed by atoms with van der Waals surface area (Å²) >= 11 is 0. The van der Waals surface area contributed by atoms with E-state index in [2.05, 4.69) is 57.2 Å². The van der Waals surface area contributed by atoms with E-state index in [1.54, 1.807) is 6.08 Å². The van der Waals surface area contributed by atoms with Gasteiger partial charge < -0.3 is 19.7 Å². The third-order valence-electron chi connectivity index (χ3n) is 8.23. The zero-order valence-corrected chi connectivity index (χ0v) is 32.2. The SMILES string of the molecule is CC/C=C\C/C=C\C/C=C\C/C=C\C=C/C(O)C/C=C\CCC(=O)OC[C@@H](O)COC(=O)CCCCCCCCCCCCCCCC(C)C. The van der Waals surface area contributed by atoms with Crippen LogP contribution in [0.5, 0.6) is 0 Å². The molecule has 0 aromatic carbocycles. The van der Waals surface area contributed by atoms with Crippen molar-refractivity contribution < 1.29 is 29.3 Å². The van der Waals surface area contributed by atoms with Gasteiger partial charge in [-0.15, -0.1) is 0 Å². The number of esters is 2. The van der Waals surface area contributed by atoms with Crippen molar-refractivity contribution in [3.8, 4) is 0 Å². The van der Waals surface area contributed by atoms with Crippen LogP contribution in [0.25, 0.3) is 0 Å². The zero-order valence-electron chi connectivity index (χ0n) is 32.2. The molecule has 6 nitrogen and oxygen atoms in total. The highest BCUT2D eigenvalue weighted by atomic mass is 16.6. The molecule has 1 unspecified atom stereocenters. The largest absolute Gasteiger partial charge is 0.463 e. The minimum Gasteiger partial charge on any atom is -0.463 e.